The van der Waals surface area contributed by atoms with Crippen molar-refractivity contribution < 1.29 is 4.79 Å². The molecule has 0 aliphatic heterocycles. The van der Waals surface area contributed by atoms with Gasteiger partial charge in [0.15, 0.2) is 0 Å². The molecule has 3 heteroatoms. The van der Waals surface area contributed by atoms with E-state index in [1.165, 1.54) is 6.42 Å². The van der Waals surface area contributed by atoms with Gasteiger partial charge in [-0.15, -0.1) is 0 Å². The summed E-state index contributed by atoms with van der Waals surface area (Å²) in [6, 6.07) is 0.226. The Morgan fingerprint density at radius 1 is 1.50 bits per heavy atom. The molecule has 0 bridgehead atoms. The first-order chi connectivity index (χ1) is 6.32. The molecule has 0 radical (unpaired) electrons. The van der Waals surface area contributed by atoms with Gasteiger partial charge in [-0.2, -0.15) is 0 Å². The average molecular weight is 198 g/mol. The Hall–Kier alpha value is -0.570. The van der Waals surface area contributed by atoms with Crippen LogP contribution in [0.15, 0.2) is 0 Å². The van der Waals surface area contributed by atoms with Crippen molar-refractivity contribution in [1.82, 2.24) is 5.32 Å². The molecule has 0 heterocycles. The minimum Gasteiger partial charge on any atom is -0.368 e. The summed E-state index contributed by atoms with van der Waals surface area (Å²) in [5.41, 5.74) is 5.62. The monoisotopic (exact) mass is 198 g/mol. The van der Waals surface area contributed by atoms with E-state index < -0.39 is 0 Å². The molecule has 14 heavy (non-hydrogen) atoms. The van der Waals surface area contributed by atoms with Gasteiger partial charge in [0.1, 0.15) is 0 Å². The van der Waals surface area contributed by atoms with Gasteiger partial charge >= 0.3 is 0 Å². The van der Waals surface area contributed by atoms with E-state index in [-0.39, 0.29) is 11.9 Å². The fourth-order valence-electron chi connectivity index (χ4n) is 2.52. The molecule has 1 aliphatic carbocycles. The fourth-order valence-corrected chi connectivity index (χ4v) is 2.52. The molecule has 2 unspecified atom stereocenters. The Balaban J connectivity index is 2.51. The van der Waals surface area contributed by atoms with Crippen LogP contribution in [-0.4, -0.2) is 18.0 Å². The molecule has 1 aliphatic rings. The molecule has 82 valence electrons. The zero-order valence-corrected chi connectivity index (χ0v) is 9.63. The van der Waals surface area contributed by atoms with E-state index in [0.717, 1.165) is 6.42 Å². The van der Waals surface area contributed by atoms with Gasteiger partial charge in [0.25, 0.3) is 0 Å². The molecule has 1 amide bonds. The Morgan fingerprint density at radius 2 is 2.07 bits per heavy atom. The fraction of sp³-hybridized carbons (Fsp3) is 0.909. The van der Waals surface area contributed by atoms with E-state index in [2.05, 4.69) is 26.1 Å². The van der Waals surface area contributed by atoms with E-state index in [0.29, 0.717) is 17.4 Å². The highest BCUT2D eigenvalue weighted by atomic mass is 16.1. The lowest BCUT2D eigenvalue weighted by molar-refractivity contribution is -0.119. The smallest absolute Gasteiger partial charge is 0.234 e. The summed E-state index contributed by atoms with van der Waals surface area (Å²) in [6.07, 6.45) is 2.35. The summed E-state index contributed by atoms with van der Waals surface area (Å²) in [4.78, 5) is 10.9. The average Bonchev–Trinajstić information content (AvgIpc) is 2.24. The van der Waals surface area contributed by atoms with Crippen LogP contribution in [0.4, 0.5) is 0 Å². The van der Waals surface area contributed by atoms with Crippen molar-refractivity contribution in [2.45, 2.75) is 52.6 Å². The van der Waals surface area contributed by atoms with E-state index in [9.17, 15) is 4.79 Å². The minimum atomic E-state index is -0.262. The number of nitrogens with one attached hydrogen (secondary N) is 1. The SMILES string of the molecule is CC1CC(C)(C)CC1N[C@@H](C)C(N)=O. The predicted octanol–water partition coefficient (Wildman–Crippen LogP) is 1.27. The summed E-state index contributed by atoms with van der Waals surface area (Å²) in [7, 11) is 0. The summed E-state index contributed by atoms with van der Waals surface area (Å²) in [6.45, 7) is 8.63. The standard InChI is InChI=1S/C11H22N2O/c1-7-5-11(3,4)6-9(7)13-8(2)10(12)14/h7-9,13H,5-6H2,1-4H3,(H2,12,14)/t7?,8-,9?/m0/s1. The molecule has 1 fully saturated rings. The van der Waals surface area contributed by atoms with E-state index in [4.69, 9.17) is 5.73 Å². The first-order valence-corrected chi connectivity index (χ1v) is 5.37. The molecule has 3 nitrogen and oxygen atoms in total. The summed E-state index contributed by atoms with van der Waals surface area (Å²) < 4.78 is 0. The van der Waals surface area contributed by atoms with Gasteiger partial charge in [0.2, 0.25) is 5.91 Å². The highest BCUT2D eigenvalue weighted by Crippen LogP contribution is 2.40. The number of hydrogen-bond acceptors (Lipinski definition) is 2. The van der Waals surface area contributed by atoms with Gasteiger partial charge in [-0.25, -0.2) is 0 Å². The largest absolute Gasteiger partial charge is 0.368 e. The molecule has 1 saturated carbocycles. The molecule has 0 aromatic carbocycles. The Kier molecular flexibility index (Phi) is 3.20. The third-order valence-corrected chi connectivity index (χ3v) is 3.22. The van der Waals surface area contributed by atoms with E-state index >= 15 is 0 Å². The molecule has 3 atom stereocenters. The highest BCUT2D eigenvalue weighted by Gasteiger charge is 2.37. The minimum absolute atomic E-state index is 0.212. The lowest BCUT2D eigenvalue weighted by Crippen LogP contribution is -2.45. The van der Waals surface area contributed by atoms with Gasteiger partial charge in [-0.3, -0.25) is 4.79 Å². The van der Waals surface area contributed by atoms with Crippen molar-refractivity contribution in [1.29, 1.82) is 0 Å². The second-order valence-electron chi connectivity index (χ2n) is 5.45. The number of carbonyl (C=O) groups is 1. The molecule has 0 aromatic heterocycles. The third kappa shape index (κ3) is 2.71. The number of hydrogen-bond donors (Lipinski definition) is 2. The first-order valence-electron chi connectivity index (χ1n) is 5.37. The molecule has 0 spiro atoms. The Morgan fingerprint density at radius 3 is 2.43 bits per heavy atom. The maximum Gasteiger partial charge on any atom is 0.234 e. The summed E-state index contributed by atoms with van der Waals surface area (Å²) in [5, 5.41) is 3.31. The lowest BCUT2D eigenvalue weighted by atomic mass is 9.91. The van der Waals surface area contributed by atoms with Crippen molar-refractivity contribution in [3.05, 3.63) is 0 Å². The zero-order chi connectivity index (χ0) is 10.9. The van der Waals surface area contributed by atoms with Gasteiger partial charge in [-0.05, 0) is 31.1 Å². The molecule has 0 aromatic rings. The maximum absolute atomic E-state index is 10.9. The quantitative estimate of drug-likeness (QED) is 0.717. The number of carbonyl (C=O) groups excluding carboxylic acids is 1. The van der Waals surface area contributed by atoms with Crippen molar-refractivity contribution >= 4 is 5.91 Å². The predicted molar refractivity (Wildman–Crippen MR) is 57.8 cm³/mol. The van der Waals surface area contributed by atoms with Crippen molar-refractivity contribution in [2.75, 3.05) is 0 Å². The lowest BCUT2D eigenvalue weighted by Gasteiger charge is -2.21. The second-order valence-corrected chi connectivity index (χ2v) is 5.45. The Bertz CT molecular complexity index is 225. The van der Waals surface area contributed by atoms with Crippen LogP contribution in [-0.2, 0) is 4.79 Å². The van der Waals surface area contributed by atoms with Gasteiger partial charge < -0.3 is 11.1 Å². The van der Waals surface area contributed by atoms with Crippen LogP contribution < -0.4 is 11.1 Å². The molecule has 1 rings (SSSR count). The highest BCUT2D eigenvalue weighted by molar-refractivity contribution is 5.79. The van der Waals surface area contributed by atoms with Crippen molar-refractivity contribution in [3.8, 4) is 0 Å². The van der Waals surface area contributed by atoms with Crippen LogP contribution in [0.3, 0.4) is 0 Å². The summed E-state index contributed by atoms with van der Waals surface area (Å²) >= 11 is 0. The topological polar surface area (TPSA) is 55.1 Å². The van der Waals surface area contributed by atoms with E-state index in [1.54, 1.807) is 0 Å². The van der Waals surface area contributed by atoms with Crippen LogP contribution in [0, 0.1) is 11.3 Å². The van der Waals surface area contributed by atoms with Crippen LogP contribution in [0.2, 0.25) is 0 Å². The molecule has 0 saturated heterocycles. The van der Waals surface area contributed by atoms with Crippen LogP contribution in [0.5, 0.6) is 0 Å². The van der Waals surface area contributed by atoms with E-state index in [1.807, 2.05) is 6.92 Å². The number of nitrogens with two attached hydrogens (primary N) is 1. The van der Waals surface area contributed by atoms with Gasteiger partial charge in [0, 0.05) is 6.04 Å². The van der Waals surface area contributed by atoms with Crippen LogP contribution >= 0.6 is 0 Å². The molecular weight excluding hydrogens is 176 g/mol. The maximum atomic E-state index is 10.9. The van der Waals surface area contributed by atoms with Crippen molar-refractivity contribution in [2.24, 2.45) is 17.1 Å². The van der Waals surface area contributed by atoms with Gasteiger partial charge in [-0.1, -0.05) is 20.8 Å². The Labute approximate surface area is 86.4 Å². The summed E-state index contributed by atoms with van der Waals surface area (Å²) in [5.74, 6) is 0.369. The number of rotatable bonds is 3. The van der Waals surface area contributed by atoms with Gasteiger partial charge in [0.05, 0.1) is 6.04 Å². The zero-order valence-electron chi connectivity index (χ0n) is 9.63. The molecule has 3 N–H and O–H groups in total. The van der Waals surface area contributed by atoms with Crippen molar-refractivity contribution in [3.63, 3.8) is 0 Å². The van der Waals surface area contributed by atoms with Crippen LogP contribution in [0.1, 0.15) is 40.5 Å². The normalized spacial score (nSPS) is 32.9. The second kappa shape index (κ2) is 3.89. The number of primary amides is 1. The molecular formula is C11H22N2O. The van der Waals surface area contributed by atoms with Crippen LogP contribution in [0.25, 0.3) is 0 Å². The first kappa shape index (κ1) is 11.5. The third-order valence-electron chi connectivity index (χ3n) is 3.22. The number of amides is 1.